The van der Waals surface area contributed by atoms with Crippen LogP contribution in [-0.4, -0.2) is 52.0 Å². The number of rotatable bonds is 3. The molecule has 0 bridgehead atoms. The van der Waals surface area contributed by atoms with Gasteiger partial charge in [0.25, 0.3) is 0 Å². The molecular formula is C18H24N2O3. The van der Waals surface area contributed by atoms with Crippen LogP contribution in [0.1, 0.15) is 31.4 Å². The first-order valence-corrected chi connectivity index (χ1v) is 8.28. The highest BCUT2D eigenvalue weighted by atomic mass is 16.3. The number of likely N-dealkylation sites (tertiary alicyclic amines) is 1. The smallest absolute Gasteiger partial charge is 0.245 e. The van der Waals surface area contributed by atoms with Gasteiger partial charge in [-0.3, -0.25) is 9.59 Å². The van der Waals surface area contributed by atoms with Crippen LogP contribution in [0.2, 0.25) is 0 Å². The van der Waals surface area contributed by atoms with E-state index in [2.05, 4.69) is 0 Å². The standard InChI is InChI=1S/C18H24N2O3/c1-12(2)7-17(22)20-9-14-6-4-3-5-13(14)8-16(20)18(23)19-10-15(21)11-19/h3-6,12,15-16,21H,7-11H2,1-2H3. The Balaban J connectivity index is 1.83. The van der Waals surface area contributed by atoms with Crippen molar-refractivity contribution in [3.8, 4) is 0 Å². The number of carbonyl (C=O) groups is 2. The summed E-state index contributed by atoms with van der Waals surface area (Å²) in [6.45, 7) is 5.28. The molecule has 0 saturated carbocycles. The molecule has 0 aromatic heterocycles. The van der Waals surface area contributed by atoms with E-state index in [0.29, 0.717) is 32.5 Å². The average molecular weight is 316 g/mol. The third-order valence-electron chi connectivity index (χ3n) is 4.61. The summed E-state index contributed by atoms with van der Waals surface area (Å²) in [5.41, 5.74) is 2.26. The Morgan fingerprint density at radius 2 is 1.87 bits per heavy atom. The van der Waals surface area contributed by atoms with E-state index in [4.69, 9.17) is 0 Å². The quantitative estimate of drug-likeness (QED) is 0.911. The summed E-state index contributed by atoms with van der Waals surface area (Å²) in [6, 6.07) is 7.56. The molecule has 1 aromatic rings. The van der Waals surface area contributed by atoms with Crippen molar-refractivity contribution < 1.29 is 14.7 Å². The summed E-state index contributed by atoms with van der Waals surface area (Å²) >= 11 is 0. The Labute approximate surface area is 136 Å². The fourth-order valence-electron chi connectivity index (χ4n) is 3.32. The van der Waals surface area contributed by atoms with Crippen LogP contribution in [0.15, 0.2) is 24.3 Å². The van der Waals surface area contributed by atoms with Crippen molar-refractivity contribution in [2.45, 2.75) is 45.4 Å². The van der Waals surface area contributed by atoms with Crippen molar-refractivity contribution in [3.63, 3.8) is 0 Å². The van der Waals surface area contributed by atoms with Gasteiger partial charge < -0.3 is 14.9 Å². The van der Waals surface area contributed by atoms with E-state index in [1.807, 2.05) is 38.1 Å². The minimum absolute atomic E-state index is 0.0360. The average Bonchev–Trinajstić information content (AvgIpc) is 2.49. The van der Waals surface area contributed by atoms with E-state index < -0.39 is 12.1 Å². The molecule has 5 heteroatoms. The van der Waals surface area contributed by atoms with Crippen LogP contribution in [0.5, 0.6) is 0 Å². The van der Waals surface area contributed by atoms with Gasteiger partial charge in [-0.05, 0) is 17.0 Å². The number of fused-ring (bicyclic) bond motifs is 1. The van der Waals surface area contributed by atoms with Crippen LogP contribution in [-0.2, 0) is 22.6 Å². The van der Waals surface area contributed by atoms with Gasteiger partial charge in [0, 0.05) is 32.5 Å². The Kier molecular flexibility index (Phi) is 4.39. The number of hydrogen-bond donors (Lipinski definition) is 1. The predicted octanol–water partition coefficient (Wildman–Crippen LogP) is 1.19. The predicted molar refractivity (Wildman–Crippen MR) is 86.5 cm³/mol. The third-order valence-corrected chi connectivity index (χ3v) is 4.61. The number of nitrogens with zero attached hydrogens (tertiary/aromatic N) is 2. The summed E-state index contributed by atoms with van der Waals surface area (Å²) in [4.78, 5) is 28.8. The Bertz CT molecular complexity index is 608. The molecule has 0 spiro atoms. The number of aliphatic hydroxyl groups excluding tert-OH is 1. The van der Waals surface area contributed by atoms with Gasteiger partial charge in [-0.25, -0.2) is 0 Å². The van der Waals surface area contributed by atoms with Crippen molar-refractivity contribution in [1.29, 1.82) is 0 Å². The first-order valence-electron chi connectivity index (χ1n) is 8.28. The lowest BCUT2D eigenvalue weighted by molar-refractivity contribution is -0.154. The number of amides is 2. The molecule has 1 fully saturated rings. The highest BCUT2D eigenvalue weighted by molar-refractivity contribution is 5.89. The van der Waals surface area contributed by atoms with Gasteiger partial charge in [0.05, 0.1) is 6.10 Å². The molecule has 1 aromatic carbocycles. The van der Waals surface area contributed by atoms with Crippen molar-refractivity contribution in [3.05, 3.63) is 35.4 Å². The molecule has 1 saturated heterocycles. The molecule has 2 heterocycles. The summed E-state index contributed by atoms with van der Waals surface area (Å²) in [5, 5.41) is 9.44. The maximum absolute atomic E-state index is 12.8. The number of hydrogen-bond acceptors (Lipinski definition) is 3. The van der Waals surface area contributed by atoms with Crippen LogP contribution in [0, 0.1) is 5.92 Å². The largest absolute Gasteiger partial charge is 0.389 e. The SMILES string of the molecule is CC(C)CC(=O)N1Cc2ccccc2CC1C(=O)N1CC(O)C1. The molecule has 1 unspecified atom stereocenters. The zero-order valence-electron chi connectivity index (χ0n) is 13.7. The second-order valence-electron chi connectivity index (χ2n) is 7.01. The molecule has 2 aliphatic heterocycles. The Hall–Kier alpha value is -1.88. The molecule has 1 N–H and O–H groups in total. The summed E-state index contributed by atoms with van der Waals surface area (Å²) in [7, 11) is 0. The maximum Gasteiger partial charge on any atom is 0.245 e. The Morgan fingerprint density at radius 3 is 2.48 bits per heavy atom. The first kappa shape index (κ1) is 16.0. The van der Waals surface area contributed by atoms with Crippen LogP contribution < -0.4 is 0 Å². The zero-order chi connectivity index (χ0) is 16.6. The first-order chi connectivity index (χ1) is 11.0. The third kappa shape index (κ3) is 3.24. The summed E-state index contributed by atoms with van der Waals surface area (Å²) in [5.74, 6) is 0.261. The van der Waals surface area contributed by atoms with E-state index in [0.717, 1.165) is 11.1 Å². The van der Waals surface area contributed by atoms with Gasteiger partial charge in [-0.1, -0.05) is 38.1 Å². The van der Waals surface area contributed by atoms with E-state index in [-0.39, 0.29) is 17.7 Å². The summed E-state index contributed by atoms with van der Waals surface area (Å²) < 4.78 is 0. The van der Waals surface area contributed by atoms with Gasteiger partial charge in [0.2, 0.25) is 11.8 Å². The second kappa shape index (κ2) is 6.32. The highest BCUT2D eigenvalue weighted by Gasteiger charge is 2.40. The topological polar surface area (TPSA) is 60.9 Å². The van der Waals surface area contributed by atoms with Crippen LogP contribution in [0.3, 0.4) is 0 Å². The second-order valence-corrected chi connectivity index (χ2v) is 7.01. The lowest BCUT2D eigenvalue weighted by Crippen LogP contribution is -2.61. The van der Waals surface area contributed by atoms with Gasteiger partial charge in [-0.2, -0.15) is 0 Å². The number of aliphatic hydroxyl groups is 1. The van der Waals surface area contributed by atoms with Gasteiger partial charge in [0.15, 0.2) is 0 Å². The van der Waals surface area contributed by atoms with Gasteiger partial charge in [-0.15, -0.1) is 0 Å². The minimum atomic E-state index is -0.441. The molecule has 124 valence electrons. The van der Waals surface area contributed by atoms with Crippen LogP contribution in [0.25, 0.3) is 0 Å². The van der Waals surface area contributed by atoms with Crippen molar-refractivity contribution >= 4 is 11.8 Å². The fourth-order valence-corrected chi connectivity index (χ4v) is 3.32. The van der Waals surface area contributed by atoms with E-state index in [1.54, 1.807) is 9.80 Å². The Morgan fingerprint density at radius 1 is 1.22 bits per heavy atom. The molecule has 2 aliphatic rings. The number of benzene rings is 1. The van der Waals surface area contributed by atoms with Gasteiger partial charge in [0.1, 0.15) is 6.04 Å². The fraction of sp³-hybridized carbons (Fsp3) is 0.556. The van der Waals surface area contributed by atoms with Crippen LogP contribution in [0.4, 0.5) is 0 Å². The maximum atomic E-state index is 12.8. The van der Waals surface area contributed by atoms with Crippen molar-refractivity contribution in [2.75, 3.05) is 13.1 Å². The molecule has 0 aliphatic carbocycles. The zero-order valence-corrected chi connectivity index (χ0v) is 13.7. The number of carbonyl (C=O) groups excluding carboxylic acids is 2. The summed E-state index contributed by atoms with van der Waals surface area (Å²) in [6.07, 6.45) is 0.592. The van der Waals surface area contributed by atoms with E-state index >= 15 is 0 Å². The lowest BCUT2D eigenvalue weighted by Gasteiger charge is -2.43. The van der Waals surface area contributed by atoms with Crippen molar-refractivity contribution in [1.82, 2.24) is 9.80 Å². The molecule has 23 heavy (non-hydrogen) atoms. The molecule has 1 atom stereocenters. The lowest BCUT2D eigenvalue weighted by atomic mass is 9.91. The molecule has 0 radical (unpaired) electrons. The molecular weight excluding hydrogens is 292 g/mol. The van der Waals surface area contributed by atoms with Gasteiger partial charge >= 0.3 is 0 Å². The van der Waals surface area contributed by atoms with Crippen LogP contribution >= 0.6 is 0 Å². The van der Waals surface area contributed by atoms with Crippen molar-refractivity contribution in [2.24, 2.45) is 5.92 Å². The molecule has 3 rings (SSSR count). The number of β-amino-alcohol motifs (C(OH)–C–C–N with tert-alkyl or cyclic N) is 1. The monoisotopic (exact) mass is 316 g/mol. The van der Waals surface area contributed by atoms with E-state index in [1.165, 1.54) is 0 Å². The highest BCUT2D eigenvalue weighted by Crippen LogP contribution is 2.27. The minimum Gasteiger partial charge on any atom is -0.389 e. The normalized spacial score (nSPS) is 21.1. The molecule has 5 nitrogen and oxygen atoms in total. The van der Waals surface area contributed by atoms with E-state index in [9.17, 15) is 14.7 Å². The molecule has 2 amide bonds.